The van der Waals surface area contributed by atoms with Gasteiger partial charge in [0.25, 0.3) is 0 Å². The number of hydrogen-bond acceptors (Lipinski definition) is 4. The van der Waals surface area contributed by atoms with Crippen molar-refractivity contribution in [3.63, 3.8) is 0 Å². The Morgan fingerprint density at radius 3 is 2.50 bits per heavy atom. The molecule has 0 amide bonds. The van der Waals surface area contributed by atoms with Gasteiger partial charge in [-0.3, -0.25) is 9.59 Å². The van der Waals surface area contributed by atoms with Gasteiger partial charge in [-0.05, 0) is 17.7 Å². The van der Waals surface area contributed by atoms with Crippen molar-refractivity contribution >= 4 is 40.0 Å². The van der Waals surface area contributed by atoms with E-state index in [9.17, 15) is 14.7 Å². The Bertz CT molecular complexity index is 1360. The number of benzene rings is 3. The van der Waals surface area contributed by atoms with Crippen LogP contribution < -0.4 is 5.43 Å². The van der Waals surface area contributed by atoms with Crippen LogP contribution in [0.1, 0.15) is 23.2 Å². The van der Waals surface area contributed by atoms with Gasteiger partial charge in [0.2, 0.25) is 5.43 Å². The Morgan fingerprint density at radius 1 is 1.07 bits per heavy atom. The van der Waals surface area contributed by atoms with E-state index in [4.69, 9.17) is 34.0 Å². The third-order valence-electron chi connectivity index (χ3n) is 4.83. The molecule has 2 aromatic rings. The second kappa shape index (κ2) is 7.87. The number of rotatable bonds is 4. The number of Topliss-reactive ketones (excluding diaryl/α,β-unsaturated/α-hetero) is 1. The van der Waals surface area contributed by atoms with Crippen LogP contribution in [0.15, 0.2) is 57.7 Å². The molecule has 0 unspecified atom stereocenters. The van der Waals surface area contributed by atoms with Crippen LogP contribution in [0.3, 0.4) is 0 Å². The van der Waals surface area contributed by atoms with Crippen molar-refractivity contribution < 1.29 is 14.3 Å². The normalized spacial score (nSPS) is 11.0. The molecule has 0 saturated heterocycles. The molecule has 0 bridgehead atoms. The Kier molecular flexibility index (Phi) is 5.26. The maximum atomic E-state index is 12.2. The molecule has 0 atom stereocenters. The number of hydrogen-bond donors (Lipinski definition) is 1. The lowest BCUT2D eigenvalue weighted by molar-refractivity contribution is 0.0984. The zero-order valence-corrected chi connectivity index (χ0v) is 17.1. The van der Waals surface area contributed by atoms with E-state index in [1.165, 1.54) is 12.1 Å². The van der Waals surface area contributed by atoms with E-state index in [-0.39, 0.29) is 33.4 Å². The second-order valence-electron chi connectivity index (χ2n) is 6.76. The highest BCUT2D eigenvalue weighted by molar-refractivity contribution is 6.33. The first-order valence-electron chi connectivity index (χ1n) is 9.04. The highest BCUT2D eigenvalue weighted by Crippen LogP contribution is 2.43. The van der Waals surface area contributed by atoms with Crippen molar-refractivity contribution in [1.82, 2.24) is 0 Å². The molecule has 1 N–H and O–H groups in total. The van der Waals surface area contributed by atoms with Gasteiger partial charge < -0.3 is 9.52 Å². The maximum Gasteiger partial charge on any atom is 0.200 e. The number of halogens is 2. The predicted octanol–water partition coefficient (Wildman–Crippen LogP) is 6.17. The van der Waals surface area contributed by atoms with Crippen molar-refractivity contribution in [3.8, 4) is 40.5 Å². The molecule has 148 valence electrons. The van der Waals surface area contributed by atoms with E-state index in [0.717, 1.165) is 11.1 Å². The van der Waals surface area contributed by atoms with Gasteiger partial charge in [0, 0.05) is 47.1 Å². The van der Waals surface area contributed by atoms with Gasteiger partial charge in [0.15, 0.2) is 5.78 Å². The summed E-state index contributed by atoms with van der Waals surface area (Å²) < 4.78 is 5.84. The van der Waals surface area contributed by atoms with Crippen molar-refractivity contribution in [3.05, 3.63) is 74.4 Å². The predicted molar refractivity (Wildman–Crippen MR) is 119 cm³/mol. The molecule has 0 radical (unpaired) electrons. The number of carbonyl (C=O) groups excluding carboxylic acids is 1. The van der Waals surface area contributed by atoms with E-state index in [0.29, 0.717) is 34.3 Å². The van der Waals surface area contributed by atoms with Gasteiger partial charge in [-0.1, -0.05) is 47.5 Å². The Labute approximate surface area is 182 Å². The lowest BCUT2D eigenvalue weighted by atomic mass is 9.92. The quantitative estimate of drug-likeness (QED) is 0.235. The fourth-order valence-electron chi connectivity index (χ4n) is 3.36. The van der Waals surface area contributed by atoms with Crippen molar-refractivity contribution in [2.45, 2.75) is 12.8 Å². The van der Waals surface area contributed by atoms with Crippen LogP contribution in [0, 0.1) is 12.3 Å². The lowest BCUT2D eigenvalue weighted by Crippen LogP contribution is -2.03. The van der Waals surface area contributed by atoms with Crippen molar-refractivity contribution in [2.75, 3.05) is 0 Å². The summed E-state index contributed by atoms with van der Waals surface area (Å²) in [6.07, 6.45) is 5.90. The summed E-state index contributed by atoms with van der Waals surface area (Å²) in [7, 11) is 0. The highest BCUT2D eigenvalue weighted by atomic mass is 35.5. The number of phenolic OH excluding ortho intramolecular Hbond substituents is 1. The van der Waals surface area contributed by atoms with Gasteiger partial charge in [-0.15, -0.1) is 12.3 Å². The van der Waals surface area contributed by atoms with Gasteiger partial charge in [-0.2, -0.15) is 0 Å². The van der Waals surface area contributed by atoms with E-state index in [2.05, 4.69) is 5.92 Å². The van der Waals surface area contributed by atoms with Gasteiger partial charge >= 0.3 is 0 Å². The van der Waals surface area contributed by atoms with Crippen LogP contribution in [-0.4, -0.2) is 10.9 Å². The minimum absolute atomic E-state index is 0.0377. The van der Waals surface area contributed by atoms with Crippen LogP contribution >= 0.6 is 23.2 Å². The molecule has 6 heteroatoms. The number of phenols is 1. The van der Waals surface area contributed by atoms with E-state index in [1.807, 2.05) is 0 Å². The molecule has 1 aliphatic carbocycles. The summed E-state index contributed by atoms with van der Waals surface area (Å²) in [5, 5.41) is 10.8. The topological polar surface area (TPSA) is 67.5 Å². The van der Waals surface area contributed by atoms with Crippen LogP contribution in [0.25, 0.3) is 33.4 Å². The lowest BCUT2D eigenvalue weighted by Gasteiger charge is -2.16. The van der Waals surface area contributed by atoms with Crippen LogP contribution in [-0.2, 0) is 0 Å². The molecule has 4 rings (SSSR count). The monoisotopic (exact) mass is 436 g/mol. The van der Waals surface area contributed by atoms with Crippen molar-refractivity contribution in [1.29, 1.82) is 0 Å². The first-order valence-corrected chi connectivity index (χ1v) is 9.80. The molecule has 30 heavy (non-hydrogen) atoms. The minimum Gasteiger partial charge on any atom is -0.506 e. The van der Waals surface area contributed by atoms with Crippen molar-refractivity contribution in [2.24, 2.45) is 0 Å². The summed E-state index contributed by atoms with van der Waals surface area (Å²) in [5.41, 5.74) is 2.64. The fourth-order valence-corrected chi connectivity index (χ4v) is 3.69. The third-order valence-corrected chi connectivity index (χ3v) is 5.43. The number of ketones is 1. The molecule has 0 saturated carbocycles. The fraction of sp³-hybridized carbons (Fsp3) is 0.0833. The van der Waals surface area contributed by atoms with Gasteiger partial charge in [0.05, 0.1) is 10.0 Å². The Balaban J connectivity index is 1.97. The molecule has 0 spiro atoms. The zero-order valence-electron chi connectivity index (χ0n) is 15.5. The largest absolute Gasteiger partial charge is 0.506 e. The summed E-state index contributed by atoms with van der Waals surface area (Å²) in [4.78, 5) is 24.3. The van der Waals surface area contributed by atoms with Gasteiger partial charge in [-0.25, -0.2) is 0 Å². The Hall–Kier alpha value is -3.26. The number of fused-ring (bicyclic) bond motifs is 2. The molecule has 0 aromatic heterocycles. The molecule has 1 aliphatic heterocycles. The van der Waals surface area contributed by atoms with Crippen LogP contribution in [0.2, 0.25) is 10.0 Å². The number of aromatic hydroxyl groups is 1. The molecule has 2 aromatic carbocycles. The summed E-state index contributed by atoms with van der Waals surface area (Å²) in [6.45, 7) is 0. The average Bonchev–Trinajstić information content (AvgIpc) is 2.73. The summed E-state index contributed by atoms with van der Waals surface area (Å²) in [6, 6.07) is 12.9. The first kappa shape index (κ1) is 20.0. The Morgan fingerprint density at radius 2 is 1.80 bits per heavy atom. The average molecular weight is 437 g/mol. The maximum absolute atomic E-state index is 12.2. The summed E-state index contributed by atoms with van der Waals surface area (Å²) in [5.74, 6) is 2.61. The highest BCUT2D eigenvalue weighted by Gasteiger charge is 2.20. The van der Waals surface area contributed by atoms with E-state index >= 15 is 0 Å². The van der Waals surface area contributed by atoms with E-state index in [1.54, 1.807) is 36.4 Å². The molecule has 4 nitrogen and oxygen atoms in total. The SMILES string of the molecule is C#CCCC(=O)c1ccc(-c2c3cc(Cl)c(=O)cc-3oc3cc(O)c(Cl)cc23)cc1. The first-order chi connectivity index (χ1) is 14.4. The standard InChI is InChI=1S/C24H14Cl2O4/c1-2-3-4-19(27)13-5-7-14(8-6-13)24-15-9-17(25)20(28)11-22(15)30-23-12-21(29)18(26)10-16(23)24/h1,5-12,28H,3-4H2. The number of terminal acetylenes is 1. The minimum atomic E-state index is -0.370. The zero-order chi connectivity index (χ0) is 21.4. The molecule has 2 aliphatic rings. The number of carbonyl (C=O) groups is 1. The smallest absolute Gasteiger partial charge is 0.200 e. The third kappa shape index (κ3) is 3.54. The molecular weight excluding hydrogens is 423 g/mol. The van der Waals surface area contributed by atoms with Crippen LogP contribution in [0.4, 0.5) is 0 Å². The molecule has 0 fully saturated rings. The second-order valence-corrected chi connectivity index (χ2v) is 7.57. The van der Waals surface area contributed by atoms with Crippen LogP contribution in [0.5, 0.6) is 5.75 Å². The summed E-state index contributed by atoms with van der Waals surface area (Å²) >= 11 is 12.2. The molecular formula is C24H14Cl2O4. The molecule has 1 heterocycles. The van der Waals surface area contributed by atoms with Gasteiger partial charge in [0.1, 0.15) is 17.1 Å². The van der Waals surface area contributed by atoms with E-state index < -0.39 is 0 Å².